The number of pyridine rings is 2. The van der Waals surface area contributed by atoms with Gasteiger partial charge in [0.05, 0.1) is 0 Å². The molecule has 2 aromatic heterocycles. The number of hydrogen-bond acceptors (Lipinski definition) is 8. The van der Waals surface area contributed by atoms with Gasteiger partial charge in [-0.2, -0.15) is 0 Å². The van der Waals surface area contributed by atoms with E-state index in [1.54, 1.807) is 60.9 Å². The van der Waals surface area contributed by atoms with Crippen LogP contribution in [0, 0.1) is 11.3 Å². The zero-order valence-electron chi connectivity index (χ0n) is 28.1. The van der Waals surface area contributed by atoms with Gasteiger partial charge in [0.2, 0.25) is 23.6 Å². The smallest absolute Gasteiger partial charge is 0.248 e. The Morgan fingerprint density at radius 2 is 1.11 bits per heavy atom. The zero-order valence-corrected chi connectivity index (χ0v) is 28.1. The standard InChI is InChI=1S/C19H25N3O2.C18H23N3O2/c1-19(2,3)10-11-21-12-14-4-9-17(22-13-14)24-16-7-5-15(6-8-16)18(20)23;1-13(2)9-10-20-11-14-3-8-17(21-12-14)23-16-6-4-15(5-7-16)18(19)22/h4-9,13,21H,10-12H2,1-3H3,(H2,20,23);3-8,12-13,20H,9-11H2,1-2H3,(H2,19,22). The Bertz CT molecular complexity index is 1520. The number of amides is 2. The summed E-state index contributed by atoms with van der Waals surface area (Å²) in [5.41, 5.74) is 13.9. The normalized spacial score (nSPS) is 11.0. The lowest BCUT2D eigenvalue weighted by molar-refractivity contribution is 0.0992. The Balaban J connectivity index is 0.000000256. The Labute approximate surface area is 278 Å². The van der Waals surface area contributed by atoms with Crippen LogP contribution in [-0.2, 0) is 13.1 Å². The number of hydrogen-bond donors (Lipinski definition) is 4. The second-order valence-electron chi connectivity index (χ2n) is 12.8. The van der Waals surface area contributed by atoms with E-state index < -0.39 is 11.8 Å². The highest BCUT2D eigenvalue weighted by Crippen LogP contribution is 2.21. The third kappa shape index (κ3) is 14.4. The van der Waals surface area contributed by atoms with Gasteiger partial charge in [-0.05, 0) is 96.9 Å². The topological polar surface area (TPSA) is 154 Å². The van der Waals surface area contributed by atoms with Crippen molar-refractivity contribution in [2.24, 2.45) is 22.8 Å². The summed E-state index contributed by atoms with van der Waals surface area (Å²) in [6.45, 7) is 14.7. The number of nitrogens with one attached hydrogen (secondary N) is 2. The first-order valence-electron chi connectivity index (χ1n) is 15.8. The molecule has 0 atom stereocenters. The molecule has 0 saturated carbocycles. The summed E-state index contributed by atoms with van der Waals surface area (Å²) in [5, 5.41) is 6.81. The van der Waals surface area contributed by atoms with Crippen LogP contribution in [0.25, 0.3) is 0 Å². The monoisotopic (exact) mass is 640 g/mol. The molecule has 2 heterocycles. The SMILES string of the molecule is CC(C)(C)CCNCc1ccc(Oc2ccc(C(N)=O)cc2)nc1.CC(C)CCNCc1ccc(Oc2ccc(C(N)=O)cc2)nc1. The van der Waals surface area contributed by atoms with E-state index in [1.807, 2.05) is 24.3 Å². The summed E-state index contributed by atoms with van der Waals surface area (Å²) in [6.07, 6.45) is 5.89. The Morgan fingerprint density at radius 1 is 0.681 bits per heavy atom. The molecule has 6 N–H and O–H groups in total. The number of primary amides is 2. The molecule has 47 heavy (non-hydrogen) atoms. The van der Waals surface area contributed by atoms with Crippen LogP contribution in [0.15, 0.2) is 85.2 Å². The number of benzene rings is 2. The fraction of sp³-hybridized carbons (Fsp3) is 0.351. The molecule has 2 amide bonds. The van der Waals surface area contributed by atoms with Gasteiger partial charge in [0.25, 0.3) is 0 Å². The number of rotatable bonds is 15. The van der Waals surface area contributed by atoms with Crippen molar-refractivity contribution >= 4 is 11.8 Å². The van der Waals surface area contributed by atoms with Crippen LogP contribution in [0.4, 0.5) is 0 Å². The van der Waals surface area contributed by atoms with Crippen LogP contribution >= 0.6 is 0 Å². The third-order valence-electron chi connectivity index (χ3n) is 6.93. The third-order valence-corrected chi connectivity index (χ3v) is 6.93. The maximum Gasteiger partial charge on any atom is 0.248 e. The van der Waals surface area contributed by atoms with E-state index in [9.17, 15) is 9.59 Å². The highest BCUT2D eigenvalue weighted by molar-refractivity contribution is 5.93. The number of ether oxygens (including phenoxy) is 2. The molecule has 0 aliphatic rings. The van der Waals surface area contributed by atoms with Gasteiger partial charge < -0.3 is 31.6 Å². The molecule has 0 fully saturated rings. The zero-order chi connectivity index (χ0) is 34.2. The second-order valence-corrected chi connectivity index (χ2v) is 12.8. The minimum atomic E-state index is -0.456. The van der Waals surface area contributed by atoms with Crippen LogP contribution in [0.2, 0.25) is 0 Å². The van der Waals surface area contributed by atoms with Crippen molar-refractivity contribution in [1.82, 2.24) is 20.6 Å². The number of carbonyl (C=O) groups excluding carboxylic acids is 2. The van der Waals surface area contributed by atoms with Gasteiger partial charge in [0.15, 0.2) is 0 Å². The maximum atomic E-state index is 11.0. The largest absolute Gasteiger partial charge is 0.439 e. The first-order chi connectivity index (χ1) is 22.4. The van der Waals surface area contributed by atoms with Crippen molar-refractivity contribution in [1.29, 1.82) is 0 Å². The number of nitrogens with zero attached hydrogens (tertiary/aromatic N) is 2. The molecule has 0 aliphatic heterocycles. The molecule has 2 aromatic carbocycles. The highest BCUT2D eigenvalue weighted by atomic mass is 16.5. The van der Waals surface area contributed by atoms with Gasteiger partial charge in [-0.15, -0.1) is 0 Å². The maximum absolute atomic E-state index is 11.0. The lowest BCUT2D eigenvalue weighted by Gasteiger charge is -2.18. The number of nitrogens with two attached hydrogens (primary N) is 2. The number of carbonyl (C=O) groups is 2. The van der Waals surface area contributed by atoms with Crippen LogP contribution in [0.3, 0.4) is 0 Å². The van der Waals surface area contributed by atoms with Crippen molar-refractivity contribution in [3.05, 3.63) is 107 Å². The molecule has 0 radical (unpaired) electrons. The highest BCUT2D eigenvalue weighted by Gasteiger charge is 2.09. The summed E-state index contributed by atoms with van der Waals surface area (Å²) >= 11 is 0. The van der Waals surface area contributed by atoms with E-state index in [1.165, 1.54) is 0 Å². The van der Waals surface area contributed by atoms with Crippen LogP contribution in [-0.4, -0.2) is 34.9 Å². The van der Waals surface area contributed by atoms with Gasteiger partial charge in [-0.25, -0.2) is 9.97 Å². The first kappa shape index (κ1) is 36.7. The lowest BCUT2D eigenvalue weighted by atomic mass is 9.92. The van der Waals surface area contributed by atoms with Crippen LogP contribution < -0.4 is 31.6 Å². The molecule has 4 rings (SSSR count). The van der Waals surface area contributed by atoms with Crippen molar-refractivity contribution in [3.8, 4) is 23.3 Å². The summed E-state index contributed by atoms with van der Waals surface area (Å²) in [7, 11) is 0. The quantitative estimate of drug-likeness (QED) is 0.106. The fourth-order valence-corrected chi connectivity index (χ4v) is 4.09. The van der Waals surface area contributed by atoms with Gasteiger partial charge in [-0.1, -0.05) is 46.8 Å². The van der Waals surface area contributed by atoms with Crippen molar-refractivity contribution in [3.63, 3.8) is 0 Å². The van der Waals surface area contributed by atoms with E-state index in [0.29, 0.717) is 45.7 Å². The summed E-state index contributed by atoms with van der Waals surface area (Å²) in [6, 6.07) is 21.0. The summed E-state index contributed by atoms with van der Waals surface area (Å²) in [4.78, 5) is 30.6. The molecule has 4 aromatic rings. The Kier molecular flexibility index (Phi) is 14.3. The van der Waals surface area contributed by atoms with E-state index >= 15 is 0 Å². The van der Waals surface area contributed by atoms with Gasteiger partial charge in [-0.3, -0.25) is 9.59 Å². The van der Waals surface area contributed by atoms with E-state index in [0.717, 1.165) is 50.1 Å². The van der Waals surface area contributed by atoms with E-state index in [2.05, 4.69) is 55.2 Å². The van der Waals surface area contributed by atoms with E-state index in [4.69, 9.17) is 20.9 Å². The molecule has 0 spiro atoms. The average molecular weight is 641 g/mol. The summed E-state index contributed by atoms with van der Waals surface area (Å²) < 4.78 is 11.3. The number of aromatic nitrogens is 2. The molecule has 10 nitrogen and oxygen atoms in total. The van der Waals surface area contributed by atoms with Crippen LogP contribution in [0.5, 0.6) is 23.3 Å². The van der Waals surface area contributed by atoms with Crippen molar-refractivity contribution in [2.45, 2.75) is 60.5 Å². The van der Waals surface area contributed by atoms with Crippen molar-refractivity contribution < 1.29 is 19.1 Å². The predicted octanol–water partition coefficient (Wildman–Crippen LogP) is 6.61. The molecule has 0 saturated heterocycles. The molecule has 0 bridgehead atoms. The Morgan fingerprint density at radius 3 is 1.45 bits per heavy atom. The van der Waals surface area contributed by atoms with Gasteiger partial charge in [0, 0.05) is 48.7 Å². The predicted molar refractivity (Wildman–Crippen MR) is 185 cm³/mol. The summed E-state index contributed by atoms with van der Waals surface area (Å²) in [5.74, 6) is 2.06. The minimum Gasteiger partial charge on any atom is -0.439 e. The van der Waals surface area contributed by atoms with Gasteiger partial charge >= 0.3 is 0 Å². The van der Waals surface area contributed by atoms with E-state index in [-0.39, 0.29) is 0 Å². The lowest BCUT2D eigenvalue weighted by Crippen LogP contribution is -2.20. The molecular weight excluding hydrogens is 592 g/mol. The Hall–Kier alpha value is -4.80. The fourth-order valence-electron chi connectivity index (χ4n) is 4.09. The average Bonchev–Trinajstić information content (AvgIpc) is 3.03. The molecule has 10 heteroatoms. The molecular formula is C37H48N6O4. The van der Waals surface area contributed by atoms with Crippen LogP contribution in [0.1, 0.15) is 79.3 Å². The second kappa shape index (κ2) is 18.4. The minimum absolute atomic E-state index is 0.340. The molecule has 0 unspecified atom stereocenters. The molecule has 250 valence electrons. The van der Waals surface area contributed by atoms with Gasteiger partial charge in [0.1, 0.15) is 11.5 Å². The van der Waals surface area contributed by atoms with Crippen molar-refractivity contribution in [2.75, 3.05) is 13.1 Å². The first-order valence-corrected chi connectivity index (χ1v) is 15.8. The molecule has 0 aliphatic carbocycles.